The molecular weight excluding hydrogens is 312 g/mol. The number of carbonyl (C=O) groups is 1. The minimum Gasteiger partial charge on any atom is -0.341 e. The number of rotatable bonds is 4. The van der Waals surface area contributed by atoms with Crippen molar-refractivity contribution in [3.63, 3.8) is 0 Å². The van der Waals surface area contributed by atoms with Crippen LogP contribution in [-0.2, 0) is 17.8 Å². The fourth-order valence-electron chi connectivity index (χ4n) is 1.94. The molecule has 2 nitrogen and oxygen atoms in total. The van der Waals surface area contributed by atoms with Crippen molar-refractivity contribution in [3.05, 3.63) is 69.5 Å². The summed E-state index contributed by atoms with van der Waals surface area (Å²) in [5, 5.41) is 0.911. The van der Waals surface area contributed by atoms with Crippen molar-refractivity contribution >= 4 is 29.1 Å². The Morgan fingerprint density at radius 1 is 1.14 bits per heavy atom. The Kier molecular flexibility index (Phi) is 5.21. The number of likely N-dealkylation sites (N-methyl/N-ethyl adjacent to an activating group) is 1. The SMILES string of the molecule is CN(Cc1ccc(Cl)cc1)C(=O)Cc1c(F)cccc1Cl. The Bertz CT molecular complexity index is 623. The number of nitrogens with zero attached hydrogens (tertiary/aromatic N) is 1. The molecule has 0 unspecified atom stereocenters. The highest BCUT2D eigenvalue weighted by Crippen LogP contribution is 2.20. The first kappa shape index (κ1) is 15.8. The van der Waals surface area contributed by atoms with Gasteiger partial charge >= 0.3 is 0 Å². The first-order valence-corrected chi connectivity index (χ1v) is 7.14. The summed E-state index contributed by atoms with van der Waals surface area (Å²) < 4.78 is 13.7. The molecule has 0 aliphatic carbocycles. The van der Waals surface area contributed by atoms with E-state index in [0.717, 1.165) is 5.56 Å². The van der Waals surface area contributed by atoms with Crippen molar-refractivity contribution in [2.24, 2.45) is 0 Å². The van der Waals surface area contributed by atoms with Crippen LogP contribution in [0.1, 0.15) is 11.1 Å². The van der Waals surface area contributed by atoms with E-state index < -0.39 is 5.82 Å². The third-order valence-corrected chi connectivity index (χ3v) is 3.75. The maximum Gasteiger partial charge on any atom is 0.227 e. The molecule has 0 saturated heterocycles. The molecule has 0 spiro atoms. The zero-order chi connectivity index (χ0) is 15.4. The van der Waals surface area contributed by atoms with Crippen LogP contribution >= 0.6 is 23.2 Å². The van der Waals surface area contributed by atoms with Gasteiger partial charge < -0.3 is 4.90 Å². The lowest BCUT2D eigenvalue weighted by Gasteiger charge is -2.18. The first-order valence-electron chi connectivity index (χ1n) is 6.38. The minimum atomic E-state index is -0.462. The molecule has 2 rings (SSSR count). The molecule has 0 aromatic heterocycles. The molecule has 110 valence electrons. The van der Waals surface area contributed by atoms with Gasteiger partial charge in [0.1, 0.15) is 5.82 Å². The van der Waals surface area contributed by atoms with E-state index in [0.29, 0.717) is 11.6 Å². The van der Waals surface area contributed by atoms with Crippen LogP contribution in [0.2, 0.25) is 10.0 Å². The number of carbonyl (C=O) groups excluding carboxylic acids is 1. The van der Waals surface area contributed by atoms with Gasteiger partial charge in [-0.3, -0.25) is 4.79 Å². The first-order chi connectivity index (χ1) is 9.97. The van der Waals surface area contributed by atoms with Crippen LogP contribution in [0, 0.1) is 5.82 Å². The average molecular weight is 326 g/mol. The second kappa shape index (κ2) is 6.92. The lowest BCUT2D eigenvalue weighted by atomic mass is 10.1. The van der Waals surface area contributed by atoms with E-state index in [2.05, 4.69) is 0 Å². The van der Waals surface area contributed by atoms with Crippen LogP contribution in [0.5, 0.6) is 0 Å². The van der Waals surface area contributed by atoms with Gasteiger partial charge in [-0.1, -0.05) is 41.4 Å². The lowest BCUT2D eigenvalue weighted by Crippen LogP contribution is -2.28. The van der Waals surface area contributed by atoms with Crippen LogP contribution in [0.4, 0.5) is 4.39 Å². The van der Waals surface area contributed by atoms with Gasteiger partial charge in [-0.05, 0) is 29.8 Å². The van der Waals surface area contributed by atoms with Crippen LogP contribution in [-0.4, -0.2) is 17.9 Å². The number of benzene rings is 2. The standard InChI is InChI=1S/C16H14Cl2FNO/c1-20(10-11-5-7-12(17)8-6-11)16(21)9-13-14(18)3-2-4-15(13)19/h2-8H,9-10H2,1H3. The zero-order valence-electron chi connectivity index (χ0n) is 11.4. The van der Waals surface area contributed by atoms with Crippen molar-refractivity contribution < 1.29 is 9.18 Å². The predicted octanol–water partition coefficient (Wildman–Crippen LogP) is 4.33. The normalized spacial score (nSPS) is 10.5. The summed E-state index contributed by atoms with van der Waals surface area (Å²) in [4.78, 5) is 13.7. The van der Waals surface area contributed by atoms with Crippen molar-refractivity contribution in [1.29, 1.82) is 0 Å². The van der Waals surface area contributed by atoms with Gasteiger partial charge in [0.05, 0.1) is 6.42 Å². The quantitative estimate of drug-likeness (QED) is 0.819. The maximum atomic E-state index is 13.7. The van der Waals surface area contributed by atoms with E-state index in [4.69, 9.17) is 23.2 Å². The topological polar surface area (TPSA) is 20.3 Å². The van der Waals surface area contributed by atoms with Crippen LogP contribution in [0.25, 0.3) is 0 Å². The minimum absolute atomic E-state index is 0.0599. The van der Waals surface area contributed by atoms with E-state index >= 15 is 0 Å². The smallest absolute Gasteiger partial charge is 0.227 e. The second-order valence-corrected chi connectivity index (χ2v) is 5.60. The van der Waals surface area contributed by atoms with Crippen LogP contribution in [0.3, 0.4) is 0 Å². The molecule has 5 heteroatoms. The van der Waals surface area contributed by atoms with Gasteiger partial charge in [-0.2, -0.15) is 0 Å². The monoisotopic (exact) mass is 325 g/mol. The molecule has 0 bridgehead atoms. The molecule has 21 heavy (non-hydrogen) atoms. The van der Waals surface area contributed by atoms with E-state index in [9.17, 15) is 9.18 Å². The van der Waals surface area contributed by atoms with Gasteiger partial charge in [0.2, 0.25) is 5.91 Å². The molecule has 0 radical (unpaired) electrons. The molecule has 0 atom stereocenters. The summed E-state index contributed by atoms with van der Waals surface area (Å²) in [5.41, 5.74) is 1.18. The Morgan fingerprint density at radius 2 is 1.81 bits per heavy atom. The fourth-order valence-corrected chi connectivity index (χ4v) is 2.30. The largest absolute Gasteiger partial charge is 0.341 e. The van der Waals surface area contributed by atoms with Gasteiger partial charge in [0.25, 0.3) is 0 Å². The van der Waals surface area contributed by atoms with Crippen molar-refractivity contribution in [2.75, 3.05) is 7.05 Å². The predicted molar refractivity (Wildman–Crippen MR) is 83.0 cm³/mol. The lowest BCUT2D eigenvalue weighted by molar-refractivity contribution is -0.129. The summed E-state index contributed by atoms with van der Waals surface area (Å²) in [5.74, 6) is -0.660. The van der Waals surface area contributed by atoms with E-state index in [1.54, 1.807) is 25.2 Å². The fraction of sp³-hybridized carbons (Fsp3) is 0.188. The summed E-state index contributed by atoms with van der Waals surface area (Å²) in [6.07, 6.45) is -0.0599. The highest BCUT2D eigenvalue weighted by molar-refractivity contribution is 6.31. The third-order valence-electron chi connectivity index (χ3n) is 3.15. The van der Waals surface area contributed by atoms with E-state index in [1.807, 2.05) is 12.1 Å². The molecule has 0 aliphatic rings. The number of halogens is 3. The van der Waals surface area contributed by atoms with Crippen LogP contribution < -0.4 is 0 Å². The van der Waals surface area contributed by atoms with Gasteiger partial charge in [0, 0.05) is 29.2 Å². The zero-order valence-corrected chi connectivity index (χ0v) is 13.0. The molecule has 0 heterocycles. The molecule has 0 aliphatic heterocycles. The number of hydrogen-bond acceptors (Lipinski definition) is 1. The molecule has 2 aromatic carbocycles. The highest BCUT2D eigenvalue weighted by Gasteiger charge is 2.15. The highest BCUT2D eigenvalue weighted by atomic mass is 35.5. The number of amides is 1. The molecule has 0 saturated carbocycles. The summed E-state index contributed by atoms with van der Waals surface area (Å²) in [6, 6.07) is 11.6. The maximum absolute atomic E-state index is 13.7. The second-order valence-electron chi connectivity index (χ2n) is 4.75. The average Bonchev–Trinajstić information content (AvgIpc) is 2.45. The molecule has 1 amide bonds. The van der Waals surface area contributed by atoms with E-state index in [1.165, 1.54) is 17.0 Å². The molecule has 0 fully saturated rings. The Balaban J connectivity index is 2.04. The Labute approximate surface area is 133 Å². The van der Waals surface area contributed by atoms with Gasteiger partial charge in [-0.25, -0.2) is 4.39 Å². The Hall–Kier alpha value is -1.58. The van der Waals surface area contributed by atoms with Crippen LogP contribution in [0.15, 0.2) is 42.5 Å². The summed E-state index contributed by atoms with van der Waals surface area (Å²) in [6.45, 7) is 0.433. The van der Waals surface area contributed by atoms with Gasteiger partial charge in [-0.15, -0.1) is 0 Å². The summed E-state index contributed by atoms with van der Waals surface area (Å²) >= 11 is 11.7. The molecule has 2 aromatic rings. The van der Waals surface area contributed by atoms with Crippen molar-refractivity contribution in [3.8, 4) is 0 Å². The Morgan fingerprint density at radius 3 is 2.43 bits per heavy atom. The van der Waals surface area contributed by atoms with E-state index in [-0.39, 0.29) is 22.9 Å². The molecular formula is C16H14Cl2FNO. The summed E-state index contributed by atoms with van der Waals surface area (Å²) in [7, 11) is 1.67. The third kappa shape index (κ3) is 4.19. The van der Waals surface area contributed by atoms with Gasteiger partial charge in [0.15, 0.2) is 0 Å². The van der Waals surface area contributed by atoms with Crippen molar-refractivity contribution in [1.82, 2.24) is 4.90 Å². The number of hydrogen-bond donors (Lipinski definition) is 0. The molecule has 0 N–H and O–H groups in total. The van der Waals surface area contributed by atoms with Crippen molar-refractivity contribution in [2.45, 2.75) is 13.0 Å².